The average Bonchev–Trinajstić information content (AvgIpc) is 2.89. The fraction of sp³-hybridized carbons (Fsp3) is 0.667. The second kappa shape index (κ2) is 6.15. The smallest absolute Gasteiger partial charge is 0.317 e. The molecular formula is C15H21ClN2O2S. The van der Waals surface area contributed by atoms with Crippen LogP contribution in [0.2, 0.25) is 4.34 Å². The molecule has 2 fully saturated rings. The van der Waals surface area contributed by atoms with Crippen molar-refractivity contribution in [2.75, 3.05) is 13.1 Å². The molecule has 1 aliphatic heterocycles. The van der Waals surface area contributed by atoms with Crippen molar-refractivity contribution in [3.63, 3.8) is 0 Å². The Kier molecular flexibility index (Phi) is 4.43. The highest BCUT2D eigenvalue weighted by Gasteiger charge is 2.43. The zero-order valence-corrected chi connectivity index (χ0v) is 13.6. The average molecular weight is 329 g/mol. The first-order valence-electron chi connectivity index (χ1n) is 7.56. The van der Waals surface area contributed by atoms with Crippen LogP contribution in [0, 0.1) is 5.92 Å². The van der Waals surface area contributed by atoms with Crippen molar-refractivity contribution >= 4 is 29.0 Å². The predicted octanol–water partition coefficient (Wildman–Crippen LogP) is 3.24. The van der Waals surface area contributed by atoms with E-state index in [1.165, 1.54) is 11.3 Å². The number of rotatable bonds is 2. The topological polar surface area (TPSA) is 52.6 Å². The van der Waals surface area contributed by atoms with Crippen molar-refractivity contribution in [2.45, 2.75) is 44.2 Å². The molecule has 0 aromatic carbocycles. The Morgan fingerprint density at radius 1 is 1.48 bits per heavy atom. The number of hydrogen-bond donors (Lipinski definition) is 2. The lowest BCUT2D eigenvalue weighted by atomic mass is 9.71. The molecule has 1 saturated heterocycles. The van der Waals surface area contributed by atoms with Crippen LogP contribution < -0.4 is 5.32 Å². The van der Waals surface area contributed by atoms with Crippen LogP contribution in [0.4, 0.5) is 4.79 Å². The van der Waals surface area contributed by atoms with Gasteiger partial charge in [0.15, 0.2) is 0 Å². The minimum Gasteiger partial charge on any atom is -0.389 e. The van der Waals surface area contributed by atoms with Crippen molar-refractivity contribution in [3.05, 3.63) is 21.3 Å². The summed E-state index contributed by atoms with van der Waals surface area (Å²) >= 11 is 7.37. The molecule has 21 heavy (non-hydrogen) atoms. The maximum Gasteiger partial charge on any atom is 0.317 e. The van der Waals surface area contributed by atoms with Crippen LogP contribution in [0.5, 0.6) is 0 Å². The number of piperidine rings is 1. The summed E-state index contributed by atoms with van der Waals surface area (Å²) in [5.41, 5.74) is -0.531. The summed E-state index contributed by atoms with van der Waals surface area (Å²) in [7, 11) is 0. The van der Waals surface area contributed by atoms with Crippen LogP contribution >= 0.6 is 22.9 Å². The van der Waals surface area contributed by atoms with Crippen LogP contribution in [-0.2, 0) is 6.54 Å². The molecule has 2 amide bonds. The SMILES string of the molecule is O=C(NCc1ccc(Cl)s1)N1CC[C@@]2(O)CCCC[C@@H]2C1. The van der Waals surface area contributed by atoms with E-state index in [9.17, 15) is 9.90 Å². The van der Waals surface area contributed by atoms with E-state index in [1.54, 1.807) is 0 Å². The first kappa shape index (κ1) is 15.1. The number of likely N-dealkylation sites (tertiary alicyclic amines) is 1. The van der Waals surface area contributed by atoms with E-state index in [1.807, 2.05) is 17.0 Å². The molecule has 1 aromatic heterocycles. The molecule has 6 heteroatoms. The molecule has 0 spiro atoms. The Morgan fingerprint density at radius 2 is 2.33 bits per heavy atom. The summed E-state index contributed by atoms with van der Waals surface area (Å²) < 4.78 is 0.740. The van der Waals surface area contributed by atoms with Gasteiger partial charge in [0.2, 0.25) is 0 Å². The van der Waals surface area contributed by atoms with E-state index in [0.29, 0.717) is 26.1 Å². The summed E-state index contributed by atoms with van der Waals surface area (Å²) in [4.78, 5) is 15.2. The molecule has 3 rings (SSSR count). The number of hydrogen-bond acceptors (Lipinski definition) is 3. The molecular weight excluding hydrogens is 308 g/mol. The monoisotopic (exact) mass is 328 g/mol. The Hall–Kier alpha value is -0.780. The molecule has 2 heterocycles. The van der Waals surface area contributed by atoms with Crippen molar-refractivity contribution in [1.29, 1.82) is 0 Å². The lowest BCUT2D eigenvalue weighted by Crippen LogP contribution is -2.56. The van der Waals surface area contributed by atoms with Gasteiger partial charge in [0.05, 0.1) is 16.5 Å². The van der Waals surface area contributed by atoms with Gasteiger partial charge in [0, 0.05) is 23.9 Å². The number of aliphatic hydroxyl groups is 1. The number of fused-ring (bicyclic) bond motifs is 1. The number of urea groups is 1. The first-order valence-corrected chi connectivity index (χ1v) is 8.76. The van der Waals surface area contributed by atoms with Gasteiger partial charge < -0.3 is 15.3 Å². The molecule has 0 unspecified atom stereocenters. The standard InChI is InChI=1S/C15H21ClN2O2S/c16-13-5-4-12(21-13)9-17-14(19)18-8-7-15(20)6-2-1-3-11(15)10-18/h4-5,11,20H,1-3,6-10H2,(H,17,19)/t11-,15+/m1/s1. The van der Waals surface area contributed by atoms with E-state index in [2.05, 4.69) is 5.32 Å². The Morgan fingerprint density at radius 3 is 3.10 bits per heavy atom. The van der Waals surface area contributed by atoms with E-state index in [0.717, 1.165) is 34.9 Å². The van der Waals surface area contributed by atoms with E-state index < -0.39 is 5.60 Å². The normalized spacial score (nSPS) is 29.0. The highest BCUT2D eigenvalue weighted by Crippen LogP contribution is 2.39. The maximum absolute atomic E-state index is 12.3. The third-order valence-electron chi connectivity index (χ3n) is 4.76. The summed E-state index contributed by atoms with van der Waals surface area (Å²) in [5, 5.41) is 13.6. The van der Waals surface area contributed by atoms with Gasteiger partial charge in [-0.05, 0) is 31.4 Å². The van der Waals surface area contributed by atoms with Crippen LogP contribution in [0.1, 0.15) is 37.0 Å². The minimum absolute atomic E-state index is 0.0351. The largest absolute Gasteiger partial charge is 0.389 e. The quantitative estimate of drug-likeness (QED) is 0.875. The lowest BCUT2D eigenvalue weighted by molar-refractivity contribution is -0.0870. The summed E-state index contributed by atoms with van der Waals surface area (Å²) in [5.74, 6) is 0.238. The second-order valence-electron chi connectivity index (χ2n) is 6.11. The Balaban J connectivity index is 1.54. The molecule has 2 aliphatic rings. The molecule has 2 atom stereocenters. The first-order chi connectivity index (χ1) is 10.1. The number of carbonyl (C=O) groups excluding carboxylic acids is 1. The minimum atomic E-state index is -0.531. The molecule has 116 valence electrons. The van der Waals surface area contributed by atoms with Crippen LogP contribution in [0.25, 0.3) is 0 Å². The van der Waals surface area contributed by atoms with Gasteiger partial charge in [-0.3, -0.25) is 0 Å². The highest BCUT2D eigenvalue weighted by molar-refractivity contribution is 7.16. The van der Waals surface area contributed by atoms with E-state index in [4.69, 9.17) is 11.6 Å². The van der Waals surface area contributed by atoms with Crippen molar-refractivity contribution in [3.8, 4) is 0 Å². The number of nitrogens with one attached hydrogen (secondary N) is 1. The molecule has 1 aliphatic carbocycles. The number of nitrogens with zero attached hydrogens (tertiary/aromatic N) is 1. The van der Waals surface area contributed by atoms with Gasteiger partial charge in [-0.2, -0.15) is 0 Å². The van der Waals surface area contributed by atoms with E-state index in [-0.39, 0.29) is 11.9 Å². The summed E-state index contributed by atoms with van der Waals surface area (Å²) in [6.07, 6.45) is 4.89. The third-order valence-corrected chi connectivity index (χ3v) is 5.99. The summed E-state index contributed by atoms with van der Waals surface area (Å²) in [6, 6.07) is 3.74. The fourth-order valence-corrected chi connectivity index (χ4v) is 4.50. The highest BCUT2D eigenvalue weighted by atomic mass is 35.5. The van der Waals surface area contributed by atoms with Gasteiger partial charge >= 0.3 is 6.03 Å². The van der Waals surface area contributed by atoms with Gasteiger partial charge in [0.1, 0.15) is 0 Å². The second-order valence-corrected chi connectivity index (χ2v) is 7.91. The molecule has 0 radical (unpaired) electrons. The molecule has 1 saturated carbocycles. The Labute approximate surface area is 134 Å². The van der Waals surface area contributed by atoms with Gasteiger partial charge in [0.25, 0.3) is 0 Å². The van der Waals surface area contributed by atoms with Crippen molar-refractivity contribution < 1.29 is 9.90 Å². The maximum atomic E-state index is 12.3. The van der Waals surface area contributed by atoms with Gasteiger partial charge in [-0.1, -0.05) is 24.4 Å². The number of amides is 2. The third kappa shape index (κ3) is 3.35. The zero-order chi connectivity index (χ0) is 14.9. The number of thiophene rings is 1. The molecule has 1 aromatic rings. The zero-order valence-electron chi connectivity index (χ0n) is 12.0. The number of carbonyl (C=O) groups is 1. The van der Waals surface area contributed by atoms with Crippen molar-refractivity contribution in [2.24, 2.45) is 5.92 Å². The summed E-state index contributed by atoms with van der Waals surface area (Å²) in [6.45, 7) is 1.83. The molecule has 2 N–H and O–H groups in total. The van der Waals surface area contributed by atoms with Crippen LogP contribution in [0.15, 0.2) is 12.1 Å². The van der Waals surface area contributed by atoms with Gasteiger partial charge in [-0.25, -0.2) is 4.79 Å². The number of halogens is 1. The van der Waals surface area contributed by atoms with E-state index >= 15 is 0 Å². The Bertz CT molecular complexity index is 522. The van der Waals surface area contributed by atoms with Crippen LogP contribution in [0.3, 0.4) is 0 Å². The van der Waals surface area contributed by atoms with Gasteiger partial charge in [-0.15, -0.1) is 11.3 Å². The van der Waals surface area contributed by atoms with Crippen LogP contribution in [-0.4, -0.2) is 34.7 Å². The predicted molar refractivity (Wildman–Crippen MR) is 84.7 cm³/mol. The molecule has 4 nitrogen and oxygen atoms in total. The molecule has 0 bridgehead atoms. The van der Waals surface area contributed by atoms with Crippen molar-refractivity contribution in [1.82, 2.24) is 10.2 Å². The fourth-order valence-electron chi connectivity index (χ4n) is 3.48. The lowest BCUT2D eigenvalue weighted by Gasteiger charge is -2.47.